The highest BCUT2D eigenvalue weighted by Gasteiger charge is 2.35. The van der Waals surface area contributed by atoms with Gasteiger partial charge in [-0.3, -0.25) is 9.59 Å². The average Bonchev–Trinajstić information content (AvgIpc) is 3.65. The standard InChI is InChI=1S/C24H30Cl2N4O7S/c1-4-36-23(33)21-20(22(32)27-8-14-10-35-11-37-14)29-24(38-21)30-6-5-13(16(9-30)34-3)7-15(31)19-18(26)17(25)12(2)28-19/h13-14,16,28H,4-11H2,1-3H3,(H,27,32)/t13-,14?,16-/m0/s1. The topological polar surface area (TPSA) is 132 Å². The van der Waals surface area contributed by atoms with Crippen LogP contribution in [-0.4, -0.2) is 86.6 Å². The van der Waals surface area contributed by atoms with Crippen molar-refractivity contribution in [2.45, 2.75) is 38.9 Å². The number of carbonyl (C=O) groups is 3. The molecule has 0 radical (unpaired) electrons. The Bertz CT molecular complexity index is 1180. The number of aromatic amines is 1. The van der Waals surface area contributed by atoms with Crippen molar-refractivity contribution in [3.8, 4) is 0 Å². The number of esters is 1. The molecule has 2 aromatic rings. The Labute approximate surface area is 234 Å². The number of amides is 1. The first-order valence-electron chi connectivity index (χ1n) is 12.2. The quantitative estimate of drug-likeness (QED) is 0.316. The Morgan fingerprint density at radius 2 is 2.08 bits per heavy atom. The van der Waals surface area contributed by atoms with Crippen LogP contribution in [0.4, 0.5) is 5.13 Å². The number of methoxy groups -OCH3 is 1. The number of ketones is 1. The smallest absolute Gasteiger partial charge is 0.350 e. The number of ether oxygens (including phenoxy) is 4. The van der Waals surface area contributed by atoms with Gasteiger partial charge < -0.3 is 34.1 Å². The van der Waals surface area contributed by atoms with Crippen molar-refractivity contribution in [2.24, 2.45) is 5.92 Å². The van der Waals surface area contributed by atoms with Crippen LogP contribution in [0.15, 0.2) is 0 Å². The maximum atomic E-state index is 13.0. The van der Waals surface area contributed by atoms with Gasteiger partial charge in [0, 0.05) is 38.9 Å². The minimum absolute atomic E-state index is 0.00210. The minimum atomic E-state index is -0.609. The number of nitrogens with zero attached hydrogens (tertiary/aromatic N) is 2. The number of nitrogens with one attached hydrogen (secondary N) is 2. The summed E-state index contributed by atoms with van der Waals surface area (Å²) in [6.45, 7) is 5.40. The molecule has 0 aromatic carbocycles. The van der Waals surface area contributed by atoms with E-state index >= 15 is 0 Å². The van der Waals surface area contributed by atoms with Gasteiger partial charge in [-0.15, -0.1) is 0 Å². The number of Topliss-reactive ketones (excluding diaryl/α,β-unsaturated/α-hetero) is 1. The zero-order valence-corrected chi connectivity index (χ0v) is 23.6. The van der Waals surface area contributed by atoms with E-state index in [0.717, 1.165) is 11.3 Å². The fraction of sp³-hybridized carbons (Fsp3) is 0.583. The van der Waals surface area contributed by atoms with Gasteiger partial charge in [-0.05, 0) is 26.2 Å². The first-order valence-corrected chi connectivity index (χ1v) is 13.8. The fourth-order valence-corrected chi connectivity index (χ4v) is 5.88. The van der Waals surface area contributed by atoms with Crippen LogP contribution in [0, 0.1) is 12.8 Å². The van der Waals surface area contributed by atoms with Gasteiger partial charge in [-0.2, -0.15) is 0 Å². The van der Waals surface area contributed by atoms with Crippen LogP contribution in [0.25, 0.3) is 0 Å². The van der Waals surface area contributed by atoms with E-state index in [2.05, 4.69) is 15.3 Å². The number of aromatic nitrogens is 2. The van der Waals surface area contributed by atoms with Crippen LogP contribution < -0.4 is 10.2 Å². The highest BCUT2D eigenvalue weighted by molar-refractivity contribution is 7.17. The van der Waals surface area contributed by atoms with Crippen molar-refractivity contribution >= 4 is 57.3 Å². The molecular weight excluding hydrogens is 559 g/mol. The van der Waals surface area contributed by atoms with Crippen molar-refractivity contribution in [2.75, 3.05) is 51.7 Å². The second-order valence-electron chi connectivity index (χ2n) is 9.03. The van der Waals surface area contributed by atoms with Crippen LogP contribution in [0.5, 0.6) is 0 Å². The van der Waals surface area contributed by atoms with Crippen LogP contribution in [0.3, 0.4) is 0 Å². The summed E-state index contributed by atoms with van der Waals surface area (Å²) in [6, 6.07) is 0. The van der Waals surface area contributed by atoms with Gasteiger partial charge in [0.25, 0.3) is 5.91 Å². The van der Waals surface area contributed by atoms with E-state index in [1.165, 1.54) is 0 Å². The summed E-state index contributed by atoms with van der Waals surface area (Å²) in [5.41, 5.74) is 0.946. The molecule has 2 saturated heterocycles. The summed E-state index contributed by atoms with van der Waals surface area (Å²) in [4.78, 5) is 48.1. The molecule has 0 bridgehead atoms. The lowest BCUT2D eigenvalue weighted by Gasteiger charge is -2.37. The van der Waals surface area contributed by atoms with E-state index in [9.17, 15) is 14.4 Å². The van der Waals surface area contributed by atoms with Gasteiger partial charge in [0.2, 0.25) is 0 Å². The average molecular weight is 589 g/mol. The first-order chi connectivity index (χ1) is 18.2. The fourth-order valence-electron chi connectivity index (χ4n) is 4.46. The SMILES string of the molecule is CCOC(=O)c1sc(N2CC[C@@H](CC(=O)c3[nH]c(C)c(Cl)c3Cl)[C@@H](OC)C2)nc1C(=O)NCC1COCO1. The molecule has 0 saturated carbocycles. The van der Waals surface area contributed by atoms with E-state index in [0.29, 0.717) is 47.7 Å². The first kappa shape index (κ1) is 28.8. The number of hydrogen-bond donors (Lipinski definition) is 2. The molecule has 1 amide bonds. The molecule has 14 heteroatoms. The second kappa shape index (κ2) is 12.8. The molecule has 11 nitrogen and oxygen atoms in total. The molecule has 0 spiro atoms. The van der Waals surface area contributed by atoms with Crippen LogP contribution in [0.2, 0.25) is 10.0 Å². The highest BCUT2D eigenvalue weighted by atomic mass is 35.5. The monoisotopic (exact) mass is 588 g/mol. The molecule has 208 valence electrons. The molecule has 0 aliphatic carbocycles. The van der Waals surface area contributed by atoms with Crippen LogP contribution >= 0.6 is 34.5 Å². The lowest BCUT2D eigenvalue weighted by Crippen LogP contribution is -2.45. The normalized spacial score (nSPS) is 21.5. The Hall–Kier alpha value is -2.22. The lowest BCUT2D eigenvalue weighted by atomic mass is 9.88. The summed E-state index contributed by atoms with van der Waals surface area (Å²) in [5, 5.41) is 3.83. The number of thiazole rings is 1. The maximum Gasteiger partial charge on any atom is 0.350 e. The number of piperidine rings is 1. The van der Waals surface area contributed by atoms with Crippen molar-refractivity contribution in [3.63, 3.8) is 0 Å². The van der Waals surface area contributed by atoms with E-state index in [-0.39, 0.29) is 65.9 Å². The van der Waals surface area contributed by atoms with Gasteiger partial charge in [0.1, 0.15) is 23.5 Å². The Balaban J connectivity index is 1.46. The zero-order chi connectivity index (χ0) is 27.4. The van der Waals surface area contributed by atoms with Crippen LogP contribution in [0.1, 0.15) is 56.1 Å². The van der Waals surface area contributed by atoms with Crippen molar-refractivity contribution in [1.82, 2.24) is 15.3 Å². The third kappa shape index (κ3) is 6.32. The summed E-state index contributed by atoms with van der Waals surface area (Å²) in [7, 11) is 1.59. The number of rotatable bonds is 10. The molecule has 4 rings (SSSR count). The molecular formula is C24H30Cl2N4O7S. The molecule has 2 aliphatic rings. The molecule has 3 atom stereocenters. The molecule has 2 aromatic heterocycles. The maximum absolute atomic E-state index is 13.0. The van der Waals surface area contributed by atoms with Gasteiger partial charge in [0.05, 0.1) is 29.4 Å². The van der Waals surface area contributed by atoms with E-state index in [1.54, 1.807) is 21.0 Å². The van der Waals surface area contributed by atoms with E-state index in [1.807, 2.05) is 4.90 Å². The Morgan fingerprint density at radius 1 is 1.29 bits per heavy atom. The number of H-pyrrole nitrogens is 1. The molecule has 2 aliphatic heterocycles. The number of hydrogen-bond acceptors (Lipinski definition) is 10. The third-order valence-electron chi connectivity index (χ3n) is 6.52. The summed E-state index contributed by atoms with van der Waals surface area (Å²) >= 11 is 13.5. The third-order valence-corrected chi connectivity index (χ3v) is 8.57. The predicted molar refractivity (Wildman–Crippen MR) is 142 cm³/mol. The van der Waals surface area contributed by atoms with Crippen molar-refractivity contribution in [3.05, 3.63) is 32.0 Å². The van der Waals surface area contributed by atoms with Crippen molar-refractivity contribution in [1.29, 1.82) is 0 Å². The molecule has 1 unspecified atom stereocenters. The number of aryl methyl sites for hydroxylation is 1. The summed E-state index contributed by atoms with van der Waals surface area (Å²) in [6.07, 6.45) is 0.317. The largest absolute Gasteiger partial charge is 0.462 e. The lowest BCUT2D eigenvalue weighted by molar-refractivity contribution is 0.0375. The van der Waals surface area contributed by atoms with Gasteiger partial charge in [0.15, 0.2) is 16.6 Å². The molecule has 38 heavy (non-hydrogen) atoms. The second-order valence-corrected chi connectivity index (χ2v) is 10.8. The summed E-state index contributed by atoms with van der Waals surface area (Å²) < 4.78 is 21.4. The number of halogens is 2. The molecule has 2 N–H and O–H groups in total. The minimum Gasteiger partial charge on any atom is -0.462 e. The molecule has 2 fully saturated rings. The van der Waals surface area contributed by atoms with E-state index < -0.39 is 11.9 Å². The number of anilines is 1. The summed E-state index contributed by atoms with van der Waals surface area (Å²) in [5.74, 6) is -1.31. The highest BCUT2D eigenvalue weighted by Crippen LogP contribution is 2.35. The Kier molecular flexibility index (Phi) is 9.66. The van der Waals surface area contributed by atoms with Crippen molar-refractivity contribution < 1.29 is 33.3 Å². The van der Waals surface area contributed by atoms with E-state index in [4.69, 9.17) is 42.1 Å². The number of carbonyl (C=O) groups excluding carboxylic acids is 3. The predicted octanol–water partition coefficient (Wildman–Crippen LogP) is 3.48. The molecule has 4 heterocycles. The van der Waals surface area contributed by atoms with Gasteiger partial charge >= 0.3 is 5.97 Å². The van der Waals surface area contributed by atoms with Crippen LogP contribution in [-0.2, 0) is 18.9 Å². The van der Waals surface area contributed by atoms with Gasteiger partial charge in [-0.1, -0.05) is 34.5 Å². The zero-order valence-electron chi connectivity index (χ0n) is 21.3. The van der Waals surface area contributed by atoms with Gasteiger partial charge in [-0.25, -0.2) is 9.78 Å². The Morgan fingerprint density at radius 3 is 2.71 bits per heavy atom.